The van der Waals surface area contributed by atoms with Crippen LogP contribution in [0, 0.1) is 6.92 Å². The lowest BCUT2D eigenvalue weighted by atomic mass is 10.1. The van der Waals surface area contributed by atoms with Gasteiger partial charge in [-0.2, -0.15) is 0 Å². The zero-order valence-corrected chi connectivity index (χ0v) is 20.2. The molecule has 0 amide bonds. The summed E-state index contributed by atoms with van der Waals surface area (Å²) in [7, 11) is 0. The maximum absolute atomic E-state index is 6.12. The molecule has 0 heterocycles. The zero-order valence-electron chi connectivity index (χ0n) is 18.7. The van der Waals surface area contributed by atoms with Gasteiger partial charge in [0.05, 0.1) is 11.1 Å². The van der Waals surface area contributed by atoms with Crippen molar-refractivity contribution in [1.29, 1.82) is 0 Å². The summed E-state index contributed by atoms with van der Waals surface area (Å²) in [6, 6.07) is 23.7. The molecule has 0 aliphatic heterocycles. The van der Waals surface area contributed by atoms with Gasteiger partial charge in [0.25, 0.3) is 0 Å². The van der Waals surface area contributed by atoms with Crippen molar-refractivity contribution >= 4 is 15.9 Å². The molecule has 0 bridgehead atoms. The van der Waals surface area contributed by atoms with E-state index in [4.69, 9.17) is 9.47 Å². The quantitative estimate of drug-likeness (QED) is 0.324. The Labute approximate surface area is 194 Å². The van der Waals surface area contributed by atoms with Crippen molar-refractivity contribution in [2.24, 2.45) is 0 Å². The van der Waals surface area contributed by atoms with Crippen molar-refractivity contribution in [3.05, 3.63) is 93.5 Å². The maximum atomic E-state index is 6.12. The molecule has 1 N–H and O–H groups in total. The third-order valence-corrected chi connectivity index (χ3v) is 5.83. The van der Waals surface area contributed by atoms with Crippen LogP contribution in [0.5, 0.6) is 11.5 Å². The monoisotopic (exact) mass is 481 g/mol. The fourth-order valence-electron chi connectivity index (χ4n) is 3.39. The van der Waals surface area contributed by atoms with Gasteiger partial charge >= 0.3 is 0 Å². The smallest absolute Gasteiger partial charge is 0.175 e. The largest absolute Gasteiger partial charge is 0.490 e. The second-order valence-corrected chi connectivity index (χ2v) is 8.77. The van der Waals surface area contributed by atoms with E-state index in [1.54, 1.807) is 0 Å². The number of ether oxygens (including phenoxy) is 2. The summed E-state index contributed by atoms with van der Waals surface area (Å²) >= 11 is 3.69. The first kappa shape index (κ1) is 23.4. The summed E-state index contributed by atoms with van der Waals surface area (Å²) in [5, 5.41) is 3.63. The van der Waals surface area contributed by atoms with Crippen LogP contribution in [-0.2, 0) is 19.6 Å². The fourth-order valence-corrected chi connectivity index (χ4v) is 3.99. The Hall–Kier alpha value is -2.30. The zero-order chi connectivity index (χ0) is 22.1. The van der Waals surface area contributed by atoms with Gasteiger partial charge < -0.3 is 14.8 Å². The topological polar surface area (TPSA) is 30.5 Å². The van der Waals surface area contributed by atoms with E-state index in [1.165, 1.54) is 16.7 Å². The molecule has 31 heavy (non-hydrogen) atoms. The molecule has 0 radical (unpaired) electrons. The van der Waals surface area contributed by atoms with Crippen LogP contribution in [0.4, 0.5) is 0 Å². The summed E-state index contributed by atoms with van der Waals surface area (Å²) < 4.78 is 12.9. The Bertz CT molecular complexity index is 941. The van der Waals surface area contributed by atoms with Crippen LogP contribution < -0.4 is 14.8 Å². The van der Waals surface area contributed by atoms with E-state index < -0.39 is 0 Å². The van der Waals surface area contributed by atoms with Gasteiger partial charge in [-0.3, -0.25) is 0 Å². The van der Waals surface area contributed by atoms with Crippen molar-refractivity contribution in [2.45, 2.75) is 52.8 Å². The second kappa shape index (κ2) is 11.9. The molecule has 3 aromatic carbocycles. The molecule has 4 heteroatoms. The number of halogens is 1. The number of hydrogen-bond acceptors (Lipinski definition) is 3. The van der Waals surface area contributed by atoms with Gasteiger partial charge in [-0.1, -0.05) is 60.2 Å². The molecule has 0 aromatic heterocycles. The van der Waals surface area contributed by atoms with Gasteiger partial charge in [0.1, 0.15) is 6.61 Å². The first-order valence-corrected chi connectivity index (χ1v) is 11.7. The molecule has 3 aromatic rings. The first-order valence-electron chi connectivity index (χ1n) is 11.0. The molecular weight excluding hydrogens is 450 g/mol. The van der Waals surface area contributed by atoms with Crippen LogP contribution in [0.15, 0.2) is 71.2 Å². The molecule has 0 fully saturated rings. The van der Waals surface area contributed by atoms with E-state index in [1.807, 2.05) is 6.92 Å². The summed E-state index contributed by atoms with van der Waals surface area (Å²) in [4.78, 5) is 0. The highest BCUT2D eigenvalue weighted by Crippen LogP contribution is 2.37. The van der Waals surface area contributed by atoms with Crippen LogP contribution in [-0.4, -0.2) is 12.6 Å². The summed E-state index contributed by atoms with van der Waals surface area (Å²) in [5.74, 6) is 1.53. The Morgan fingerprint density at radius 2 is 1.65 bits per heavy atom. The molecule has 0 aliphatic carbocycles. The molecule has 0 spiro atoms. The van der Waals surface area contributed by atoms with E-state index in [-0.39, 0.29) is 0 Å². The highest BCUT2D eigenvalue weighted by molar-refractivity contribution is 9.10. The van der Waals surface area contributed by atoms with Crippen molar-refractivity contribution < 1.29 is 9.47 Å². The minimum absolute atomic E-state index is 0.423. The van der Waals surface area contributed by atoms with Gasteiger partial charge in [0.2, 0.25) is 0 Å². The van der Waals surface area contributed by atoms with Gasteiger partial charge in [-0.15, -0.1) is 0 Å². The average Bonchev–Trinajstić information content (AvgIpc) is 2.78. The Kier molecular flexibility index (Phi) is 8.98. The standard InChI is InChI=1S/C27H32BrNO2/c1-4-30-26-17-24(18-29-21(3)12-15-22-8-6-5-7-9-22)16-25(28)27(26)31-19-23-13-10-20(2)11-14-23/h5-11,13-14,16-17,21,29H,4,12,15,18-19H2,1-3H3/t21-/m0/s1. The molecule has 164 valence electrons. The van der Waals surface area contributed by atoms with Crippen molar-refractivity contribution in [2.75, 3.05) is 6.61 Å². The van der Waals surface area contributed by atoms with Gasteiger partial charge in [0, 0.05) is 12.6 Å². The third kappa shape index (κ3) is 7.41. The lowest BCUT2D eigenvalue weighted by Gasteiger charge is -2.18. The summed E-state index contributed by atoms with van der Waals surface area (Å²) in [6.45, 7) is 8.20. The Balaban J connectivity index is 1.60. The van der Waals surface area contributed by atoms with E-state index in [0.29, 0.717) is 19.3 Å². The molecule has 0 unspecified atom stereocenters. The molecule has 1 atom stereocenters. The van der Waals surface area contributed by atoms with E-state index in [9.17, 15) is 0 Å². The minimum atomic E-state index is 0.423. The van der Waals surface area contributed by atoms with Crippen molar-refractivity contribution in [3.63, 3.8) is 0 Å². The van der Waals surface area contributed by atoms with E-state index in [0.717, 1.165) is 40.9 Å². The summed E-state index contributed by atoms with van der Waals surface area (Å²) in [5.41, 5.74) is 4.94. The SMILES string of the molecule is CCOc1cc(CN[C@@H](C)CCc2ccccc2)cc(Br)c1OCc1ccc(C)cc1. The normalized spacial score (nSPS) is 11.9. The lowest BCUT2D eigenvalue weighted by Crippen LogP contribution is -2.26. The van der Waals surface area contributed by atoms with Gasteiger partial charge in [0.15, 0.2) is 11.5 Å². The molecule has 3 nitrogen and oxygen atoms in total. The number of rotatable bonds is 11. The Morgan fingerprint density at radius 1 is 0.903 bits per heavy atom. The molecule has 0 aliphatic rings. The van der Waals surface area contributed by atoms with E-state index >= 15 is 0 Å². The maximum Gasteiger partial charge on any atom is 0.175 e. The highest BCUT2D eigenvalue weighted by Gasteiger charge is 2.13. The van der Waals surface area contributed by atoms with Crippen molar-refractivity contribution in [1.82, 2.24) is 5.32 Å². The number of benzene rings is 3. The molecule has 0 saturated carbocycles. The lowest BCUT2D eigenvalue weighted by molar-refractivity contribution is 0.267. The number of aryl methyl sites for hydroxylation is 2. The van der Waals surface area contributed by atoms with Gasteiger partial charge in [-0.05, 0) is 78.4 Å². The first-order chi connectivity index (χ1) is 15.0. The van der Waals surface area contributed by atoms with Crippen LogP contribution in [0.1, 0.15) is 42.5 Å². The Morgan fingerprint density at radius 3 is 2.35 bits per heavy atom. The van der Waals surface area contributed by atoms with Gasteiger partial charge in [-0.25, -0.2) is 0 Å². The third-order valence-electron chi connectivity index (χ3n) is 5.24. The average molecular weight is 482 g/mol. The van der Waals surface area contributed by atoms with Crippen LogP contribution in [0.2, 0.25) is 0 Å². The van der Waals surface area contributed by atoms with Crippen LogP contribution in [0.25, 0.3) is 0 Å². The fraction of sp³-hybridized carbons (Fsp3) is 0.333. The van der Waals surface area contributed by atoms with Crippen molar-refractivity contribution in [3.8, 4) is 11.5 Å². The molecule has 0 saturated heterocycles. The number of hydrogen-bond donors (Lipinski definition) is 1. The van der Waals surface area contributed by atoms with Crippen LogP contribution >= 0.6 is 15.9 Å². The second-order valence-electron chi connectivity index (χ2n) is 7.92. The minimum Gasteiger partial charge on any atom is -0.490 e. The van der Waals surface area contributed by atoms with Crippen LogP contribution in [0.3, 0.4) is 0 Å². The number of nitrogens with one attached hydrogen (secondary N) is 1. The predicted octanol–water partition coefficient (Wildman–Crippen LogP) is 6.85. The van der Waals surface area contributed by atoms with E-state index in [2.05, 4.69) is 102 Å². The molecule has 3 rings (SSSR count). The summed E-state index contributed by atoms with van der Waals surface area (Å²) in [6.07, 6.45) is 2.18. The highest BCUT2D eigenvalue weighted by atomic mass is 79.9. The molecular formula is C27H32BrNO2. The predicted molar refractivity (Wildman–Crippen MR) is 132 cm³/mol.